The maximum absolute atomic E-state index is 14.0. The van der Waals surface area contributed by atoms with Crippen molar-refractivity contribution >= 4 is 33.7 Å². The Bertz CT molecular complexity index is 1920. The molecular formula is C32H28FN7O2. The molecule has 1 aliphatic rings. The molecule has 210 valence electrons. The van der Waals surface area contributed by atoms with E-state index in [9.17, 15) is 14.3 Å². The van der Waals surface area contributed by atoms with Crippen LogP contribution in [0, 0.1) is 11.7 Å². The van der Waals surface area contributed by atoms with Gasteiger partial charge in [0.25, 0.3) is 0 Å². The summed E-state index contributed by atoms with van der Waals surface area (Å²) in [4.78, 5) is 30.0. The van der Waals surface area contributed by atoms with Crippen molar-refractivity contribution in [2.24, 2.45) is 5.92 Å². The van der Waals surface area contributed by atoms with E-state index in [0.29, 0.717) is 57.4 Å². The van der Waals surface area contributed by atoms with Gasteiger partial charge in [-0.1, -0.05) is 31.4 Å². The normalized spacial score (nSPS) is 14.0. The van der Waals surface area contributed by atoms with E-state index in [2.05, 4.69) is 25.5 Å². The fraction of sp³-hybridized carbons (Fsp3) is 0.219. The van der Waals surface area contributed by atoms with Crippen molar-refractivity contribution in [3.8, 4) is 39.7 Å². The Labute approximate surface area is 240 Å². The lowest BCUT2D eigenvalue weighted by Crippen LogP contribution is -2.18. The van der Waals surface area contributed by atoms with E-state index in [1.807, 2.05) is 36.4 Å². The molecule has 0 bridgehead atoms. The van der Waals surface area contributed by atoms with Crippen LogP contribution >= 0.6 is 0 Å². The number of benzene rings is 2. The number of anilines is 1. The van der Waals surface area contributed by atoms with Crippen molar-refractivity contribution < 1.29 is 14.3 Å². The van der Waals surface area contributed by atoms with Gasteiger partial charge in [-0.25, -0.2) is 14.4 Å². The molecule has 4 N–H and O–H groups in total. The van der Waals surface area contributed by atoms with Crippen molar-refractivity contribution in [3.05, 3.63) is 72.8 Å². The monoisotopic (exact) mass is 561 g/mol. The minimum atomic E-state index is -0.532. The molecule has 2 aromatic carbocycles. The minimum absolute atomic E-state index is 0.0130. The number of nitrogens with one attached hydrogen (secondary N) is 3. The van der Waals surface area contributed by atoms with Gasteiger partial charge in [-0.15, -0.1) is 0 Å². The van der Waals surface area contributed by atoms with Gasteiger partial charge < -0.3 is 15.4 Å². The summed E-state index contributed by atoms with van der Waals surface area (Å²) >= 11 is 0. The predicted molar refractivity (Wildman–Crippen MR) is 159 cm³/mol. The van der Waals surface area contributed by atoms with Gasteiger partial charge in [0.05, 0.1) is 34.1 Å². The molecule has 0 unspecified atom stereocenters. The lowest BCUT2D eigenvalue weighted by atomic mass is 9.87. The number of halogens is 1. The Balaban J connectivity index is 1.20. The number of para-hydroxylation sites is 1. The summed E-state index contributed by atoms with van der Waals surface area (Å²) in [6.07, 6.45) is 9.79. The lowest BCUT2D eigenvalue weighted by Gasteiger charge is -2.20. The summed E-state index contributed by atoms with van der Waals surface area (Å²) in [7, 11) is 0. The topological polar surface area (TPSA) is 132 Å². The number of aromatic amines is 2. The van der Waals surface area contributed by atoms with E-state index in [1.54, 1.807) is 12.4 Å². The van der Waals surface area contributed by atoms with Crippen LogP contribution < -0.4 is 5.32 Å². The summed E-state index contributed by atoms with van der Waals surface area (Å²) in [5.74, 6) is 0.272. The Kier molecular flexibility index (Phi) is 6.58. The molecule has 0 saturated heterocycles. The molecule has 1 aliphatic carbocycles. The van der Waals surface area contributed by atoms with Crippen molar-refractivity contribution in [2.45, 2.75) is 38.5 Å². The first-order valence-electron chi connectivity index (χ1n) is 14.1. The van der Waals surface area contributed by atoms with E-state index in [-0.39, 0.29) is 11.7 Å². The number of pyridine rings is 2. The van der Waals surface area contributed by atoms with Crippen LogP contribution in [0.2, 0.25) is 0 Å². The zero-order chi connectivity index (χ0) is 28.6. The Morgan fingerprint density at radius 3 is 2.69 bits per heavy atom. The number of rotatable bonds is 6. The first-order chi connectivity index (χ1) is 20.5. The van der Waals surface area contributed by atoms with Crippen LogP contribution in [0.1, 0.15) is 38.5 Å². The quantitative estimate of drug-likeness (QED) is 0.173. The summed E-state index contributed by atoms with van der Waals surface area (Å²) < 4.78 is 14.0. The van der Waals surface area contributed by atoms with Crippen LogP contribution in [0.5, 0.6) is 5.75 Å². The van der Waals surface area contributed by atoms with E-state index in [1.165, 1.54) is 31.4 Å². The molecule has 1 amide bonds. The van der Waals surface area contributed by atoms with Crippen molar-refractivity contribution in [3.63, 3.8) is 0 Å². The maximum atomic E-state index is 14.0. The fourth-order valence-corrected chi connectivity index (χ4v) is 5.85. The number of nitrogens with zero attached hydrogens (tertiary/aromatic N) is 4. The number of imidazole rings is 1. The molecule has 1 saturated carbocycles. The molecule has 7 rings (SSSR count). The van der Waals surface area contributed by atoms with Gasteiger partial charge in [0, 0.05) is 29.8 Å². The Hall–Kier alpha value is -5.12. The Morgan fingerprint density at radius 2 is 1.83 bits per heavy atom. The number of fused-ring (bicyclic) bond motifs is 2. The van der Waals surface area contributed by atoms with Gasteiger partial charge in [0.2, 0.25) is 5.91 Å². The molecule has 4 heterocycles. The molecule has 4 aromatic heterocycles. The van der Waals surface area contributed by atoms with Crippen LogP contribution in [0.15, 0.2) is 67.0 Å². The molecule has 6 aromatic rings. The number of amides is 1. The standard InChI is InChI=1S/C32H28FN7O2/c33-21-12-19(14-23(41)15-21)24-7-4-8-26-29(24)38-32(37-26)31-30-27(39-40-31)10-9-25(36-30)20-13-22(17-34-16-20)35-28(42)11-18-5-2-1-3-6-18/h4,7-10,12-18,41H,1-3,5-6,11H2,(H,35,42)(H,37,38)(H,39,40). The number of hydrogen-bond acceptors (Lipinski definition) is 6. The third kappa shape index (κ3) is 5.07. The second-order valence-electron chi connectivity index (χ2n) is 10.9. The highest BCUT2D eigenvalue weighted by molar-refractivity contribution is 5.96. The Morgan fingerprint density at radius 1 is 0.952 bits per heavy atom. The van der Waals surface area contributed by atoms with Gasteiger partial charge in [-0.3, -0.25) is 14.9 Å². The highest BCUT2D eigenvalue weighted by Crippen LogP contribution is 2.34. The lowest BCUT2D eigenvalue weighted by molar-refractivity contribution is -0.117. The maximum Gasteiger partial charge on any atom is 0.224 e. The van der Waals surface area contributed by atoms with Gasteiger partial charge in [0.15, 0.2) is 11.5 Å². The number of carbonyl (C=O) groups excluding carboxylic acids is 1. The number of aromatic nitrogens is 6. The fourth-order valence-electron chi connectivity index (χ4n) is 5.85. The average Bonchev–Trinajstić information content (AvgIpc) is 3.61. The molecule has 0 aliphatic heterocycles. The van der Waals surface area contributed by atoms with Crippen LogP contribution in [0.3, 0.4) is 0 Å². The van der Waals surface area contributed by atoms with Crippen molar-refractivity contribution in [2.75, 3.05) is 5.32 Å². The zero-order valence-electron chi connectivity index (χ0n) is 22.7. The first kappa shape index (κ1) is 25.8. The molecule has 1 fully saturated rings. The summed E-state index contributed by atoms with van der Waals surface area (Å²) in [6, 6.07) is 15.1. The van der Waals surface area contributed by atoms with Crippen LogP contribution in [0.4, 0.5) is 10.1 Å². The second-order valence-corrected chi connectivity index (χ2v) is 10.9. The highest BCUT2D eigenvalue weighted by Gasteiger charge is 2.19. The predicted octanol–water partition coefficient (Wildman–Crippen LogP) is 6.98. The molecule has 9 nitrogen and oxygen atoms in total. The molecule has 42 heavy (non-hydrogen) atoms. The highest BCUT2D eigenvalue weighted by atomic mass is 19.1. The van der Waals surface area contributed by atoms with Gasteiger partial charge >= 0.3 is 0 Å². The largest absolute Gasteiger partial charge is 0.508 e. The summed E-state index contributed by atoms with van der Waals surface area (Å²) in [6.45, 7) is 0. The molecule has 0 radical (unpaired) electrons. The number of H-pyrrole nitrogens is 2. The molecule has 10 heteroatoms. The van der Waals surface area contributed by atoms with Crippen LogP contribution in [-0.2, 0) is 4.79 Å². The number of aromatic hydroxyl groups is 1. The van der Waals surface area contributed by atoms with Gasteiger partial charge in [-0.05, 0) is 60.7 Å². The number of phenolic OH excluding ortho intramolecular Hbond substituents is 1. The number of phenols is 1. The van der Waals surface area contributed by atoms with Crippen molar-refractivity contribution in [1.82, 2.24) is 30.1 Å². The third-order valence-electron chi connectivity index (χ3n) is 7.85. The number of carbonyl (C=O) groups is 1. The number of hydrogen-bond donors (Lipinski definition) is 4. The van der Waals surface area contributed by atoms with E-state index >= 15 is 0 Å². The van der Waals surface area contributed by atoms with Gasteiger partial charge in [-0.2, -0.15) is 5.10 Å². The zero-order valence-corrected chi connectivity index (χ0v) is 22.7. The molecule has 0 atom stereocenters. The third-order valence-corrected chi connectivity index (χ3v) is 7.85. The van der Waals surface area contributed by atoms with Gasteiger partial charge in [0.1, 0.15) is 17.1 Å². The average molecular weight is 562 g/mol. The van der Waals surface area contributed by atoms with E-state index < -0.39 is 5.82 Å². The van der Waals surface area contributed by atoms with Crippen molar-refractivity contribution in [1.29, 1.82) is 0 Å². The van der Waals surface area contributed by atoms with Crippen LogP contribution in [0.25, 0.3) is 56.0 Å². The smallest absolute Gasteiger partial charge is 0.224 e. The summed E-state index contributed by atoms with van der Waals surface area (Å²) in [5, 5.41) is 20.4. The summed E-state index contributed by atoms with van der Waals surface area (Å²) in [5.41, 5.74) is 6.48. The second kappa shape index (κ2) is 10.7. The first-order valence-corrected chi connectivity index (χ1v) is 14.1. The van der Waals surface area contributed by atoms with E-state index in [0.717, 1.165) is 35.5 Å². The molecule has 0 spiro atoms. The minimum Gasteiger partial charge on any atom is -0.508 e. The van der Waals surface area contributed by atoms with E-state index in [4.69, 9.17) is 9.97 Å². The SMILES string of the molecule is O=C(CC1CCCCC1)Nc1cncc(-c2ccc3[nH]nc(-c4nc5c(-c6cc(O)cc(F)c6)cccc5[nH]4)c3n2)c1. The van der Waals surface area contributed by atoms with Crippen LogP contribution in [-0.4, -0.2) is 41.1 Å². The molecular weight excluding hydrogens is 533 g/mol.